The maximum atomic E-state index is 12.6. The van der Waals surface area contributed by atoms with Gasteiger partial charge in [0.25, 0.3) is 5.89 Å². The minimum atomic E-state index is -0.153. The number of fused-ring (bicyclic) bond motifs is 1. The third kappa shape index (κ3) is 3.98. The van der Waals surface area contributed by atoms with Crippen molar-refractivity contribution in [1.29, 1.82) is 0 Å². The summed E-state index contributed by atoms with van der Waals surface area (Å²) in [5.41, 5.74) is 4.28. The number of nitrogens with zero attached hydrogens (tertiary/aromatic N) is 5. The molecular formula is C24H20N6O2. The van der Waals surface area contributed by atoms with E-state index in [1.54, 1.807) is 17.1 Å². The van der Waals surface area contributed by atoms with Gasteiger partial charge in [-0.3, -0.25) is 14.5 Å². The first-order valence-corrected chi connectivity index (χ1v) is 10.2. The average molecular weight is 424 g/mol. The molecule has 1 amide bonds. The number of rotatable bonds is 6. The molecule has 0 bridgehead atoms. The van der Waals surface area contributed by atoms with Crippen molar-refractivity contribution >= 4 is 16.8 Å². The summed E-state index contributed by atoms with van der Waals surface area (Å²) in [5.74, 6) is 0.656. The number of para-hydroxylation sites is 1. The molecule has 0 aliphatic carbocycles. The molecule has 2 aromatic carbocycles. The molecule has 3 aromatic heterocycles. The Balaban J connectivity index is 1.41. The van der Waals surface area contributed by atoms with E-state index in [1.165, 1.54) is 0 Å². The highest BCUT2D eigenvalue weighted by Crippen LogP contribution is 2.28. The van der Waals surface area contributed by atoms with Gasteiger partial charge in [0.15, 0.2) is 5.69 Å². The summed E-state index contributed by atoms with van der Waals surface area (Å²) in [6.07, 6.45) is 3.42. The number of hydrogen-bond donors (Lipinski definition) is 1. The van der Waals surface area contributed by atoms with Crippen molar-refractivity contribution in [3.63, 3.8) is 0 Å². The van der Waals surface area contributed by atoms with Crippen LogP contribution in [0.2, 0.25) is 0 Å². The lowest BCUT2D eigenvalue weighted by Gasteiger charge is -2.06. The van der Waals surface area contributed by atoms with Crippen LogP contribution in [0.4, 0.5) is 0 Å². The Bertz CT molecular complexity index is 1390. The number of carbonyl (C=O) groups is 1. The molecule has 0 saturated heterocycles. The van der Waals surface area contributed by atoms with Gasteiger partial charge in [-0.1, -0.05) is 53.2 Å². The van der Waals surface area contributed by atoms with Crippen LogP contribution in [0.1, 0.15) is 11.1 Å². The second kappa shape index (κ2) is 8.43. The molecule has 0 atom stereocenters. The number of hydrogen-bond acceptors (Lipinski definition) is 6. The topological polar surface area (TPSA) is 98.7 Å². The number of carbonyl (C=O) groups excluding carboxylic acids is 1. The Kier molecular flexibility index (Phi) is 5.17. The van der Waals surface area contributed by atoms with E-state index in [4.69, 9.17) is 4.52 Å². The van der Waals surface area contributed by atoms with Gasteiger partial charge in [0.1, 0.15) is 6.54 Å². The monoisotopic (exact) mass is 424 g/mol. The van der Waals surface area contributed by atoms with Crippen LogP contribution in [0.25, 0.3) is 33.9 Å². The summed E-state index contributed by atoms with van der Waals surface area (Å²) in [4.78, 5) is 21.2. The van der Waals surface area contributed by atoms with E-state index in [0.717, 1.165) is 27.6 Å². The van der Waals surface area contributed by atoms with Crippen LogP contribution in [0.5, 0.6) is 0 Å². The zero-order valence-electron chi connectivity index (χ0n) is 17.4. The van der Waals surface area contributed by atoms with Gasteiger partial charge >= 0.3 is 0 Å². The minimum absolute atomic E-state index is 0.0691. The molecule has 5 aromatic rings. The van der Waals surface area contributed by atoms with Crippen LogP contribution in [0, 0.1) is 6.92 Å². The lowest BCUT2D eigenvalue weighted by atomic mass is 10.1. The summed E-state index contributed by atoms with van der Waals surface area (Å²) < 4.78 is 7.18. The predicted octanol–water partition coefficient (Wildman–Crippen LogP) is 3.77. The van der Waals surface area contributed by atoms with Gasteiger partial charge in [0, 0.05) is 29.9 Å². The van der Waals surface area contributed by atoms with Crippen LogP contribution >= 0.6 is 0 Å². The third-order valence-electron chi connectivity index (χ3n) is 5.07. The summed E-state index contributed by atoms with van der Waals surface area (Å²) in [6.45, 7) is 2.49. The predicted molar refractivity (Wildman–Crippen MR) is 119 cm³/mol. The smallest absolute Gasteiger partial charge is 0.279 e. The minimum Gasteiger partial charge on any atom is -0.350 e. The standard InChI is InChI=1S/C24H20N6O2/c1-16-6-4-8-18(12-16)23-27-24(32-29-23)22-19-9-2-3-10-20(19)30(28-22)15-21(31)26-14-17-7-5-11-25-13-17/h2-13H,14-15H2,1H3,(H,26,31). The number of aromatic nitrogens is 5. The van der Waals surface area contributed by atoms with Gasteiger partial charge in [-0.2, -0.15) is 10.1 Å². The van der Waals surface area contributed by atoms with Crippen LogP contribution in [-0.2, 0) is 17.9 Å². The number of amides is 1. The Morgan fingerprint density at radius 1 is 1.09 bits per heavy atom. The molecule has 0 aliphatic rings. The Morgan fingerprint density at radius 2 is 2.00 bits per heavy atom. The molecule has 0 radical (unpaired) electrons. The van der Waals surface area contributed by atoms with E-state index in [1.807, 2.05) is 67.6 Å². The number of aryl methyl sites for hydroxylation is 1. The molecule has 5 rings (SSSR count). The first kappa shape index (κ1) is 19.6. The van der Waals surface area contributed by atoms with E-state index in [2.05, 4.69) is 25.5 Å². The highest BCUT2D eigenvalue weighted by atomic mass is 16.5. The zero-order chi connectivity index (χ0) is 21.9. The number of nitrogens with one attached hydrogen (secondary N) is 1. The maximum Gasteiger partial charge on any atom is 0.279 e. The lowest BCUT2D eigenvalue weighted by molar-refractivity contribution is -0.121. The van der Waals surface area contributed by atoms with E-state index >= 15 is 0 Å². The van der Waals surface area contributed by atoms with Crippen LogP contribution in [0.3, 0.4) is 0 Å². The molecule has 8 heteroatoms. The normalized spacial score (nSPS) is 11.0. The molecule has 0 fully saturated rings. The second-order valence-electron chi connectivity index (χ2n) is 7.45. The first-order chi connectivity index (χ1) is 15.7. The molecule has 3 heterocycles. The summed E-state index contributed by atoms with van der Waals surface area (Å²) in [7, 11) is 0. The molecule has 0 spiro atoms. The van der Waals surface area contributed by atoms with Gasteiger partial charge in [0.2, 0.25) is 11.7 Å². The Hall–Kier alpha value is -4.33. The van der Waals surface area contributed by atoms with Gasteiger partial charge in [-0.25, -0.2) is 0 Å². The summed E-state index contributed by atoms with van der Waals surface area (Å²) in [5, 5.41) is 12.5. The van der Waals surface area contributed by atoms with Crippen molar-refractivity contribution < 1.29 is 9.32 Å². The van der Waals surface area contributed by atoms with Crippen molar-refractivity contribution in [1.82, 2.24) is 30.2 Å². The second-order valence-corrected chi connectivity index (χ2v) is 7.45. The van der Waals surface area contributed by atoms with Gasteiger partial charge in [0.05, 0.1) is 5.52 Å². The van der Waals surface area contributed by atoms with Crippen molar-refractivity contribution in [2.75, 3.05) is 0 Å². The SMILES string of the molecule is Cc1cccc(-c2noc(-c3nn(CC(=O)NCc4cccnc4)c4ccccc34)n2)c1. The highest BCUT2D eigenvalue weighted by molar-refractivity contribution is 5.92. The number of benzene rings is 2. The van der Waals surface area contributed by atoms with Crippen molar-refractivity contribution in [3.8, 4) is 23.0 Å². The van der Waals surface area contributed by atoms with E-state index in [-0.39, 0.29) is 12.5 Å². The van der Waals surface area contributed by atoms with Crippen molar-refractivity contribution in [3.05, 3.63) is 84.2 Å². The van der Waals surface area contributed by atoms with E-state index in [9.17, 15) is 4.79 Å². The molecule has 158 valence electrons. The molecule has 8 nitrogen and oxygen atoms in total. The fourth-order valence-electron chi connectivity index (χ4n) is 3.52. The molecule has 1 N–H and O–H groups in total. The quantitative estimate of drug-likeness (QED) is 0.445. The zero-order valence-corrected chi connectivity index (χ0v) is 17.4. The van der Waals surface area contributed by atoms with Crippen LogP contribution < -0.4 is 5.32 Å². The molecule has 0 unspecified atom stereocenters. The van der Waals surface area contributed by atoms with E-state index in [0.29, 0.717) is 24.0 Å². The molecule has 0 saturated carbocycles. The van der Waals surface area contributed by atoms with Crippen LogP contribution in [-0.4, -0.2) is 30.8 Å². The average Bonchev–Trinajstić information content (AvgIpc) is 3.44. The Labute approximate surface area is 183 Å². The van der Waals surface area contributed by atoms with Crippen molar-refractivity contribution in [2.45, 2.75) is 20.0 Å². The van der Waals surface area contributed by atoms with Gasteiger partial charge in [-0.15, -0.1) is 0 Å². The maximum absolute atomic E-state index is 12.6. The molecule has 0 aliphatic heterocycles. The highest BCUT2D eigenvalue weighted by Gasteiger charge is 2.19. The van der Waals surface area contributed by atoms with Gasteiger partial charge in [-0.05, 0) is 30.7 Å². The summed E-state index contributed by atoms with van der Waals surface area (Å²) in [6, 6.07) is 19.3. The van der Waals surface area contributed by atoms with Crippen LogP contribution in [0.15, 0.2) is 77.6 Å². The first-order valence-electron chi connectivity index (χ1n) is 10.2. The van der Waals surface area contributed by atoms with Crippen molar-refractivity contribution in [2.24, 2.45) is 0 Å². The van der Waals surface area contributed by atoms with E-state index < -0.39 is 0 Å². The Morgan fingerprint density at radius 3 is 2.84 bits per heavy atom. The molecule has 32 heavy (non-hydrogen) atoms. The third-order valence-corrected chi connectivity index (χ3v) is 5.07. The lowest BCUT2D eigenvalue weighted by Crippen LogP contribution is -2.27. The van der Waals surface area contributed by atoms with Gasteiger partial charge < -0.3 is 9.84 Å². The number of pyridine rings is 1. The fourth-order valence-corrected chi connectivity index (χ4v) is 3.52. The largest absolute Gasteiger partial charge is 0.350 e. The fraction of sp³-hybridized carbons (Fsp3) is 0.125. The molecular weight excluding hydrogens is 404 g/mol. The summed E-state index contributed by atoms with van der Waals surface area (Å²) >= 11 is 0.